The SMILES string of the molecule is O=C(O)C1CN(C(=O)c2cc(-c3ccc(Cl)cc3)on2)CCO1. The zero-order valence-electron chi connectivity index (χ0n) is 11.9. The number of hydrogen-bond acceptors (Lipinski definition) is 5. The molecule has 1 unspecified atom stereocenters. The second-order valence-electron chi connectivity index (χ2n) is 5.03. The maximum absolute atomic E-state index is 12.4. The van der Waals surface area contributed by atoms with Crippen LogP contribution in [0, 0.1) is 0 Å². The van der Waals surface area contributed by atoms with Gasteiger partial charge in [0.15, 0.2) is 17.6 Å². The summed E-state index contributed by atoms with van der Waals surface area (Å²) in [5, 5.41) is 13.3. The lowest BCUT2D eigenvalue weighted by molar-refractivity contribution is -0.154. The maximum atomic E-state index is 12.4. The van der Waals surface area contributed by atoms with Gasteiger partial charge in [-0.3, -0.25) is 4.79 Å². The van der Waals surface area contributed by atoms with Crippen LogP contribution in [0.1, 0.15) is 10.5 Å². The molecule has 1 aromatic carbocycles. The molecule has 1 atom stereocenters. The van der Waals surface area contributed by atoms with Crippen molar-refractivity contribution in [2.24, 2.45) is 0 Å². The molecule has 120 valence electrons. The number of rotatable bonds is 3. The molecule has 1 fully saturated rings. The molecular formula is C15H13ClN2O5. The summed E-state index contributed by atoms with van der Waals surface area (Å²) in [6.07, 6.45) is -1.02. The smallest absolute Gasteiger partial charge is 0.334 e. The molecule has 23 heavy (non-hydrogen) atoms. The minimum Gasteiger partial charge on any atom is -0.479 e. The molecule has 2 heterocycles. The van der Waals surface area contributed by atoms with Gasteiger partial charge in [-0.2, -0.15) is 0 Å². The predicted octanol–water partition coefficient (Wildman–Crippen LogP) is 1.92. The zero-order valence-corrected chi connectivity index (χ0v) is 12.7. The van der Waals surface area contributed by atoms with E-state index in [0.717, 1.165) is 5.56 Å². The van der Waals surface area contributed by atoms with Gasteiger partial charge in [-0.1, -0.05) is 16.8 Å². The van der Waals surface area contributed by atoms with Crippen molar-refractivity contribution in [3.63, 3.8) is 0 Å². The van der Waals surface area contributed by atoms with Gasteiger partial charge in [0.2, 0.25) is 0 Å². The minimum absolute atomic E-state index is 0.0166. The molecule has 1 aliphatic rings. The number of aliphatic carboxylic acids is 1. The third kappa shape index (κ3) is 3.35. The number of halogens is 1. The second-order valence-corrected chi connectivity index (χ2v) is 5.47. The molecule has 1 N–H and O–H groups in total. The summed E-state index contributed by atoms with van der Waals surface area (Å²) < 4.78 is 10.3. The summed E-state index contributed by atoms with van der Waals surface area (Å²) in [6, 6.07) is 8.45. The number of morpholine rings is 1. The third-order valence-electron chi connectivity index (χ3n) is 3.49. The number of hydrogen-bond donors (Lipinski definition) is 1. The van der Waals surface area contributed by atoms with Gasteiger partial charge in [0.05, 0.1) is 13.2 Å². The average molecular weight is 337 g/mol. The number of ether oxygens (including phenoxy) is 1. The van der Waals surface area contributed by atoms with Crippen LogP contribution in [-0.2, 0) is 9.53 Å². The van der Waals surface area contributed by atoms with Crippen molar-refractivity contribution in [1.29, 1.82) is 0 Å². The van der Waals surface area contributed by atoms with Crippen molar-refractivity contribution < 1.29 is 24.0 Å². The Bertz CT molecular complexity index is 728. The van der Waals surface area contributed by atoms with Crippen LogP contribution in [0.2, 0.25) is 5.02 Å². The van der Waals surface area contributed by atoms with E-state index in [2.05, 4.69) is 5.16 Å². The molecule has 1 aromatic heterocycles. The van der Waals surface area contributed by atoms with E-state index in [-0.39, 0.29) is 24.8 Å². The Labute approximate surface area is 136 Å². The molecule has 0 aliphatic carbocycles. The Hall–Kier alpha value is -2.38. The summed E-state index contributed by atoms with van der Waals surface area (Å²) in [4.78, 5) is 24.8. The van der Waals surface area contributed by atoms with E-state index in [1.165, 1.54) is 11.0 Å². The number of nitrogens with zero attached hydrogens (tertiary/aromatic N) is 2. The Balaban J connectivity index is 1.75. The van der Waals surface area contributed by atoms with E-state index >= 15 is 0 Å². The fourth-order valence-electron chi connectivity index (χ4n) is 2.27. The summed E-state index contributed by atoms with van der Waals surface area (Å²) in [7, 11) is 0. The lowest BCUT2D eigenvalue weighted by atomic mass is 10.1. The van der Waals surface area contributed by atoms with Gasteiger partial charge in [-0.05, 0) is 24.3 Å². The van der Waals surface area contributed by atoms with E-state index in [0.29, 0.717) is 17.3 Å². The lowest BCUT2D eigenvalue weighted by Gasteiger charge is -2.30. The summed E-state index contributed by atoms with van der Waals surface area (Å²) in [6.45, 7) is 0.466. The molecule has 3 rings (SSSR count). The molecule has 0 radical (unpaired) electrons. The molecule has 1 aliphatic heterocycles. The fourth-order valence-corrected chi connectivity index (χ4v) is 2.40. The van der Waals surface area contributed by atoms with Crippen LogP contribution < -0.4 is 0 Å². The van der Waals surface area contributed by atoms with Crippen LogP contribution >= 0.6 is 11.6 Å². The highest BCUT2D eigenvalue weighted by molar-refractivity contribution is 6.30. The van der Waals surface area contributed by atoms with E-state index in [1.54, 1.807) is 24.3 Å². The molecule has 0 saturated carbocycles. The predicted molar refractivity (Wildman–Crippen MR) is 80.2 cm³/mol. The van der Waals surface area contributed by atoms with Gasteiger partial charge in [0, 0.05) is 23.2 Å². The van der Waals surface area contributed by atoms with Crippen molar-refractivity contribution in [2.45, 2.75) is 6.10 Å². The first-order chi connectivity index (χ1) is 11.0. The van der Waals surface area contributed by atoms with E-state index in [4.69, 9.17) is 26.0 Å². The normalized spacial score (nSPS) is 18.0. The molecule has 1 saturated heterocycles. The maximum Gasteiger partial charge on any atom is 0.334 e. The molecular weight excluding hydrogens is 324 g/mol. The highest BCUT2D eigenvalue weighted by atomic mass is 35.5. The molecule has 1 amide bonds. The van der Waals surface area contributed by atoms with Gasteiger partial charge >= 0.3 is 5.97 Å². The van der Waals surface area contributed by atoms with Crippen LogP contribution in [0.15, 0.2) is 34.9 Å². The van der Waals surface area contributed by atoms with Crippen molar-refractivity contribution in [1.82, 2.24) is 10.1 Å². The van der Waals surface area contributed by atoms with Gasteiger partial charge in [-0.25, -0.2) is 4.79 Å². The third-order valence-corrected chi connectivity index (χ3v) is 3.74. The van der Waals surface area contributed by atoms with Gasteiger partial charge in [0.1, 0.15) is 0 Å². The Morgan fingerprint density at radius 3 is 2.74 bits per heavy atom. The Kier molecular flexibility index (Phi) is 4.31. The minimum atomic E-state index is -1.09. The van der Waals surface area contributed by atoms with E-state index in [9.17, 15) is 9.59 Å². The van der Waals surface area contributed by atoms with Crippen LogP contribution in [0.25, 0.3) is 11.3 Å². The number of carbonyl (C=O) groups excluding carboxylic acids is 1. The molecule has 0 spiro atoms. The highest BCUT2D eigenvalue weighted by Gasteiger charge is 2.30. The number of amides is 1. The summed E-state index contributed by atoms with van der Waals surface area (Å²) >= 11 is 5.83. The van der Waals surface area contributed by atoms with Crippen molar-refractivity contribution >= 4 is 23.5 Å². The molecule has 8 heteroatoms. The van der Waals surface area contributed by atoms with Crippen molar-refractivity contribution in [3.8, 4) is 11.3 Å². The van der Waals surface area contributed by atoms with E-state index in [1.807, 2.05) is 0 Å². The number of carbonyl (C=O) groups is 2. The van der Waals surface area contributed by atoms with E-state index < -0.39 is 12.1 Å². The topological polar surface area (TPSA) is 92.9 Å². The standard InChI is InChI=1S/C15H13ClN2O5/c16-10-3-1-9(2-4-10)12-7-11(17-23-12)14(19)18-5-6-22-13(8-18)15(20)21/h1-4,7,13H,5-6,8H2,(H,20,21). The quantitative estimate of drug-likeness (QED) is 0.920. The highest BCUT2D eigenvalue weighted by Crippen LogP contribution is 2.23. The Morgan fingerprint density at radius 2 is 2.04 bits per heavy atom. The number of carboxylic acids is 1. The average Bonchev–Trinajstić information content (AvgIpc) is 3.05. The summed E-state index contributed by atoms with van der Waals surface area (Å²) in [5.41, 5.74) is 0.868. The lowest BCUT2D eigenvalue weighted by Crippen LogP contribution is -2.48. The fraction of sp³-hybridized carbons (Fsp3) is 0.267. The monoisotopic (exact) mass is 336 g/mol. The Morgan fingerprint density at radius 1 is 1.30 bits per heavy atom. The number of carboxylic acid groups (broad SMARTS) is 1. The second kappa shape index (κ2) is 6.39. The largest absolute Gasteiger partial charge is 0.479 e. The van der Waals surface area contributed by atoms with Gasteiger partial charge in [0.25, 0.3) is 5.91 Å². The van der Waals surface area contributed by atoms with Gasteiger partial charge < -0.3 is 19.3 Å². The van der Waals surface area contributed by atoms with Crippen LogP contribution in [0.5, 0.6) is 0 Å². The number of aromatic nitrogens is 1. The first-order valence-electron chi connectivity index (χ1n) is 6.91. The summed E-state index contributed by atoms with van der Waals surface area (Å²) in [5.74, 6) is -1.04. The van der Waals surface area contributed by atoms with Gasteiger partial charge in [-0.15, -0.1) is 0 Å². The first kappa shape index (κ1) is 15.5. The molecule has 2 aromatic rings. The van der Waals surface area contributed by atoms with Crippen molar-refractivity contribution in [3.05, 3.63) is 41.0 Å². The van der Waals surface area contributed by atoms with Crippen LogP contribution in [0.4, 0.5) is 0 Å². The number of benzene rings is 1. The van der Waals surface area contributed by atoms with Crippen LogP contribution in [-0.4, -0.2) is 52.8 Å². The molecule has 7 nitrogen and oxygen atoms in total. The zero-order chi connectivity index (χ0) is 16.4. The molecule has 0 bridgehead atoms. The first-order valence-corrected chi connectivity index (χ1v) is 7.29. The van der Waals surface area contributed by atoms with Crippen LogP contribution in [0.3, 0.4) is 0 Å². The van der Waals surface area contributed by atoms with Crippen molar-refractivity contribution in [2.75, 3.05) is 19.7 Å².